The smallest absolute Gasteiger partial charge is 0.338 e. The Kier molecular flexibility index (Phi) is 16.0. The van der Waals surface area contributed by atoms with Gasteiger partial charge in [-0.2, -0.15) is 0 Å². The molecule has 0 spiro atoms. The molecular formula is C35H31ClN2O5S2. The summed E-state index contributed by atoms with van der Waals surface area (Å²) in [5.74, 6) is 1.24. The lowest BCUT2D eigenvalue weighted by atomic mass is 10.2. The molecule has 0 aliphatic rings. The lowest BCUT2D eigenvalue weighted by Crippen LogP contribution is -2.08. The first-order valence-corrected chi connectivity index (χ1v) is 16.2. The fourth-order valence-corrected chi connectivity index (χ4v) is 4.96. The normalized spacial score (nSPS) is 9.89. The Hall–Kier alpha value is -4.44. The predicted molar refractivity (Wildman–Crippen MR) is 182 cm³/mol. The van der Waals surface area contributed by atoms with Crippen molar-refractivity contribution >= 4 is 51.3 Å². The van der Waals surface area contributed by atoms with Gasteiger partial charge in [0.1, 0.15) is 12.4 Å². The Morgan fingerprint density at radius 3 is 1.67 bits per heavy atom. The van der Waals surface area contributed by atoms with Gasteiger partial charge in [-0.25, -0.2) is 4.79 Å². The number of halogens is 1. The Balaban J connectivity index is 0.000000202. The van der Waals surface area contributed by atoms with E-state index < -0.39 is 5.97 Å². The molecular weight excluding hydrogens is 628 g/mol. The first-order chi connectivity index (χ1) is 22.0. The molecule has 0 aliphatic heterocycles. The number of rotatable bonds is 9. The topological polar surface area (TPSA) is 106 Å². The number of hydrogen-bond donors (Lipinski definition) is 1. The number of alkyl halides is 1. The Labute approximate surface area is 276 Å². The number of nitrogens with zero attached hydrogens (tertiary/aromatic N) is 2. The predicted octanol–water partition coefficient (Wildman–Crippen LogP) is 8.10. The summed E-state index contributed by atoms with van der Waals surface area (Å²) in [5.41, 5.74) is 3.88. The van der Waals surface area contributed by atoms with Gasteiger partial charge in [0.25, 0.3) is 0 Å². The zero-order valence-electron chi connectivity index (χ0n) is 24.2. The van der Waals surface area contributed by atoms with E-state index >= 15 is 0 Å². The van der Waals surface area contributed by atoms with Crippen LogP contribution < -0.4 is 0 Å². The fraction of sp³-hybridized carbons (Fsp3) is 0.114. The molecule has 0 saturated carbocycles. The number of carbonyl (C=O) groups excluding carboxylic acids is 3. The first-order valence-electron chi connectivity index (χ1n) is 13.7. The van der Waals surface area contributed by atoms with Crippen LogP contribution in [-0.4, -0.2) is 43.6 Å². The number of aromatic hydroxyl groups is 1. The third-order valence-electron chi connectivity index (χ3n) is 5.64. The summed E-state index contributed by atoms with van der Waals surface area (Å²) in [5, 5.41) is 9.19. The molecule has 5 aromatic rings. The molecule has 45 heavy (non-hydrogen) atoms. The molecule has 0 saturated heterocycles. The van der Waals surface area contributed by atoms with E-state index in [1.54, 1.807) is 49.1 Å². The number of phenolic OH excluding ortho intramolecular Hbond substituents is 1. The summed E-state index contributed by atoms with van der Waals surface area (Å²) < 4.78 is 5.06. The second-order valence-corrected chi connectivity index (χ2v) is 11.3. The van der Waals surface area contributed by atoms with E-state index in [1.165, 1.54) is 36.0 Å². The highest BCUT2D eigenvalue weighted by Crippen LogP contribution is 2.17. The average molecular weight is 659 g/mol. The number of ether oxygens (including phenoxy) is 1. The molecule has 230 valence electrons. The van der Waals surface area contributed by atoms with Gasteiger partial charge < -0.3 is 9.84 Å². The average Bonchev–Trinajstić information content (AvgIpc) is 3.11. The first kappa shape index (κ1) is 35.0. The van der Waals surface area contributed by atoms with E-state index in [0.29, 0.717) is 28.5 Å². The number of pyridine rings is 2. The molecule has 3 aromatic carbocycles. The van der Waals surface area contributed by atoms with E-state index in [1.807, 2.05) is 60.7 Å². The van der Waals surface area contributed by atoms with Crippen LogP contribution in [-0.2, 0) is 16.4 Å². The third kappa shape index (κ3) is 13.8. The van der Waals surface area contributed by atoms with E-state index in [2.05, 4.69) is 9.97 Å². The number of thioether (sulfide) groups is 2. The summed E-state index contributed by atoms with van der Waals surface area (Å²) in [7, 11) is 0. The van der Waals surface area contributed by atoms with Crippen molar-refractivity contribution in [3.8, 4) is 5.75 Å². The van der Waals surface area contributed by atoms with Crippen LogP contribution in [0.2, 0.25) is 0 Å². The summed E-state index contributed by atoms with van der Waals surface area (Å²) in [4.78, 5) is 43.1. The number of esters is 1. The molecule has 0 radical (unpaired) electrons. The molecule has 2 aromatic heterocycles. The van der Waals surface area contributed by atoms with Crippen LogP contribution in [0.25, 0.3) is 0 Å². The molecule has 5 rings (SSSR count). The van der Waals surface area contributed by atoms with Crippen LogP contribution in [0.5, 0.6) is 5.75 Å². The molecule has 0 unspecified atom stereocenters. The minimum absolute atomic E-state index is 0.0451. The number of carbonyl (C=O) groups is 3. The van der Waals surface area contributed by atoms with Crippen LogP contribution in [0.3, 0.4) is 0 Å². The van der Waals surface area contributed by atoms with Crippen LogP contribution in [0.15, 0.2) is 134 Å². The number of hydrogen-bond acceptors (Lipinski definition) is 9. The fourth-order valence-electron chi connectivity index (χ4n) is 3.37. The Bertz CT molecular complexity index is 1580. The molecule has 2 heterocycles. The molecule has 7 nitrogen and oxygen atoms in total. The highest BCUT2D eigenvalue weighted by molar-refractivity contribution is 8.14. The van der Waals surface area contributed by atoms with E-state index in [-0.39, 0.29) is 22.6 Å². The number of benzene rings is 3. The van der Waals surface area contributed by atoms with Crippen molar-refractivity contribution in [3.05, 3.63) is 162 Å². The highest BCUT2D eigenvalue weighted by atomic mass is 35.5. The summed E-state index contributed by atoms with van der Waals surface area (Å²) in [6.45, 7) is 0.156. The molecule has 0 bridgehead atoms. The van der Waals surface area contributed by atoms with Gasteiger partial charge >= 0.3 is 5.97 Å². The summed E-state index contributed by atoms with van der Waals surface area (Å²) >= 11 is 7.90. The van der Waals surface area contributed by atoms with Gasteiger partial charge in [0.2, 0.25) is 10.2 Å². The van der Waals surface area contributed by atoms with Gasteiger partial charge in [-0.3, -0.25) is 19.6 Å². The number of phenols is 1. The van der Waals surface area contributed by atoms with Crippen molar-refractivity contribution in [2.45, 2.75) is 11.6 Å². The van der Waals surface area contributed by atoms with Crippen LogP contribution >= 0.6 is 35.1 Å². The van der Waals surface area contributed by atoms with Crippen molar-refractivity contribution in [1.29, 1.82) is 0 Å². The van der Waals surface area contributed by atoms with Crippen molar-refractivity contribution in [1.82, 2.24) is 9.97 Å². The largest absolute Gasteiger partial charge is 0.508 e. The molecule has 10 heteroatoms. The second kappa shape index (κ2) is 20.5. The molecule has 0 aliphatic carbocycles. The SMILES string of the molecule is ClCc1cccnc1.O=C(OCCSC(=O)c1ccccc1)c1ccc(O)cc1.O=C(SCc1cccnc1)c1ccccc1. The zero-order valence-corrected chi connectivity index (χ0v) is 26.6. The van der Waals surface area contributed by atoms with Crippen molar-refractivity contribution in [2.24, 2.45) is 0 Å². The maximum Gasteiger partial charge on any atom is 0.338 e. The van der Waals surface area contributed by atoms with E-state index in [0.717, 1.165) is 28.5 Å². The lowest BCUT2D eigenvalue weighted by Gasteiger charge is -2.04. The van der Waals surface area contributed by atoms with Gasteiger partial charge in [-0.1, -0.05) is 96.3 Å². The van der Waals surface area contributed by atoms with E-state index in [9.17, 15) is 14.4 Å². The van der Waals surface area contributed by atoms with Gasteiger partial charge in [0.05, 0.1) is 5.56 Å². The van der Waals surface area contributed by atoms with E-state index in [4.69, 9.17) is 21.4 Å². The van der Waals surface area contributed by atoms with Crippen LogP contribution in [0.1, 0.15) is 42.2 Å². The summed E-state index contributed by atoms with van der Waals surface area (Å²) in [6, 6.07) is 31.7. The maximum absolute atomic E-state index is 11.8. The minimum Gasteiger partial charge on any atom is -0.508 e. The number of aromatic nitrogens is 2. The summed E-state index contributed by atoms with van der Waals surface area (Å²) in [6.07, 6.45) is 7.00. The molecule has 0 fully saturated rings. The molecule has 0 amide bonds. The monoisotopic (exact) mass is 658 g/mol. The molecule has 1 N–H and O–H groups in total. The lowest BCUT2D eigenvalue weighted by molar-refractivity contribution is 0.0529. The third-order valence-corrected chi connectivity index (χ3v) is 7.79. The molecule has 0 atom stereocenters. The standard InChI is InChI=1S/C16H14O4S.C13H11NOS.C6H6ClN/c17-14-8-6-12(7-9-14)15(18)20-10-11-21-16(19)13-4-2-1-3-5-13;15-13(12-6-2-1-3-7-12)16-10-11-5-4-8-14-9-11;7-4-6-2-1-3-8-5-6/h1-9,17H,10-11H2;1-9H,10H2;1-3,5H,4H2. The minimum atomic E-state index is -0.470. The highest BCUT2D eigenvalue weighted by Gasteiger charge is 2.09. The van der Waals surface area contributed by atoms with Crippen molar-refractivity contribution in [3.63, 3.8) is 0 Å². The van der Waals surface area contributed by atoms with Gasteiger partial charge in [-0.15, -0.1) is 11.6 Å². The zero-order chi connectivity index (χ0) is 32.1. The van der Waals surface area contributed by atoms with Crippen molar-refractivity contribution < 1.29 is 24.2 Å². The maximum atomic E-state index is 11.8. The second-order valence-electron chi connectivity index (χ2n) is 8.98. The van der Waals surface area contributed by atoms with Gasteiger partial charge in [-0.05, 0) is 47.5 Å². The van der Waals surface area contributed by atoms with Gasteiger partial charge in [0.15, 0.2) is 0 Å². The quantitative estimate of drug-likeness (QED) is 0.0955. The van der Waals surface area contributed by atoms with Crippen LogP contribution in [0.4, 0.5) is 0 Å². The Morgan fingerprint density at radius 2 is 1.18 bits per heavy atom. The van der Waals surface area contributed by atoms with Crippen molar-refractivity contribution in [2.75, 3.05) is 12.4 Å². The van der Waals surface area contributed by atoms with Crippen LogP contribution in [0, 0.1) is 0 Å². The Morgan fingerprint density at radius 1 is 0.644 bits per heavy atom. The van der Waals surface area contributed by atoms with Gasteiger partial charge in [0, 0.05) is 53.3 Å².